The second-order valence-electron chi connectivity index (χ2n) is 4.86. The summed E-state index contributed by atoms with van der Waals surface area (Å²) in [5.41, 5.74) is 0.580. The van der Waals surface area contributed by atoms with Crippen LogP contribution in [-0.4, -0.2) is 0 Å². The van der Waals surface area contributed by atoms with E-state index in [0.29, 0.717) is 5.41 Å². The molecular weight excluding hydrogens is 144 g/mol. The summed E-state index contributed by atoms with van der Waals surface area (Å²) in [5, 5.41) is 0. The van der Waals surface area contributed by atoms with Gasteiger partial charge in [0, 0.05) is 0 Å². The van der Waals surface area contributed by atoms with Crippen molar-refractivity contribution in [3.05, 3.63) is 6.42 Å². The van der Waals surface area contributed by atoms with Gasteiger partial charge < -0.3 is 6.42 Å². The van der Waals surface area contributed by atoms with E-state index < -0.39 is 0 Å². The van der Waals surface area contributed by atoms with E-state index in [1.807, 2.05) is 0 Å². The Morgan fingerprint density at radius 3 is 2.08 bits per heavy atom. The zero-order valence-corrected chi connectivity index (χ0v) is 9.06. The van der Waals surface area contributed by atoms with Crippen LogP contribution < -0.4 is 0 Å². The van der Waals surface area contributed by atoms with Crippen LogP contribution in [0.15, 0.2) is 0 Å². The van der Waals surface area contributed by atoms with Gasteiger partial charge in [0.2, 0.25) is 0 Å². The Labute approximate surface area is 77.7 Å². The van der Waals surface area contributed by atoms with E-state index in [2.05, 4.69) is 34.1 Å². The van der Waals surface area contributed by atoms with Crippen LogP contribution in [0.3, 0.4) is 0 Å². The fourth-order valence-electron chi connectivity index (χ4n) is 3.05. The Morgan fingerprint density at radius 1 is 1.25 bits per heavy atom. The molecule has 0 bridgehead atoms. The highest BCUT2D eigenvalue weighted by atomic mass is 14.4. The molecule has 0 spiro atoms. The predicted molar refractivity (Wildman–Crippen MR) is 54.9 cm³/mol. The molecule has 12 heavy (non-hydrogen) atoms. The van der Waals surface area contributed by atoms with Crippen LogP contribution in [0.2, 0.25) is 0 Å². The molecule has 0 heteroatoms. The van der Waals surface area contributed by atoms with Gasteiger partial charge in [0.25, 0.3) is 0 Å². The van der Waals surface area contributed by atoms with Crippen molar-refractivity contribution in [3.63, 3.8) is 0 Å². The van der Waals surface area contributed by atoms with Crippen LogP contribution in [0, 0.1) is 23.7 Å². The molecule has 0 aromatic rings. The van der Waals surface area contributed by atoms with Crippen LogP contribution in [-0.2, 0) is 0 Å². The van der Waals surface area contributed by atoms with Crippen molar-refractivity contribution in [1.82, 2.24) is 0 Å². The van der Waals surface area contributed by atoms with E-state index in [4.69, 9.17) is 0 Å². The minimum Gasteiger partial charge on any atom is -0.325 e. The standard InChI is InChI=1S/C12H23/c1-5-12(6-2)8-10(3)7-11(4)9-12/h5,10-11H,6-9H2,1-4H3/q-1. The topological polar surface area (TPSA) is 0 Å². The zero-order valence-electron chi connectivity index (χ0n) is 9.06. The SMILES string of the molecule is C[CH-]C1(CC)CC(C)CC(C)C1. The van der Waals surface area contributed by atoms with E-state index in [1.54, 1.807) is 0 Å². The third kappa shape index (κ3) is 2.02. The largest absolute Gasteiger partial charge is 0.325 e. The second-order valence-corrected chi connectivity index (χ2v) is 4.86. The van der Waals surface area contributed by atoms with Crippen molar-refractivity contribution in [2.24, 2.45) is 17.3 Å². The molecule has 1 fully saturated rings. The monoisotopic (exact) mass is 167 g/mol. The van der Waals surface area contributed by atoms with Gasteiger partial charge in [-0.1, -0.05) is 40.0 Å². The summed E-state index contributed by atoms with van der Waals surface area (Å²) in [4.78, 5) is 0. The first-order chi connectivity index (χ1) is 5.62. The molecule has 0 aliphatic heterocycles. The maximum atomic E-state index is 2.46. The van der Waals surface area contributed by atoms with E-state index in [0.717, 1.165) is 11.8 Å². The molecule has 1 aliphatic rings. The summed E-state index contributed by atoms with van der Waals surface area (Å²) in [6, 6.07) is 0. The molecule has 1 rings (SSSR count). The van der Waals surface area contributed by atoms with Crippen LogP contribution in [0.5, 0.6) is 0 Å². The Balaban J connectivity index is 2.62. The highest BCUT2D eigenvalue weighted by Crippen LogP contribution is 2.46. The first kappa shape index (κ1) is 10.1. The Hall–Kier alpha value is 0. The summed E-state index contributed by atoms with van der Waals surface area (Å²) in [6.45, 7) is 9.40. The molecule has 2 unspecified atom stereocenters. The summed E-state index contributed by atoms with van der Waals surface area (Å²) in [7, 11) is 0. The molecule has 0 aromatic heterocycles. The van der Waals surface area contributed by atoms with Crippen LogP contribution in [0.1, 0.15) is 53.4 Å². The Kier molecular flexibility index (Phi) is 3.20. The van der Waals surface area contributed by atoms with Gasteiger partial charge in [-0.3, -0.25) is 0 Å². The maximum Gasteiger partial charge on any atom is -0.0460 e. The van der Waals surface area contributed by atoms with Gasteiger partial charge in [-0.05, 0) is 18.3 Å². The molecule has 2 atom stereocenters. The number of hydrogen-bond acceptors (Lipinski definition) is 0. The summed E-state index contributed by atoms with van der Waals surface area (Å²) >= 11 is 0. The Morgan fingerprint density at radius 2 is 1.75 bits per heavy atom. The quantitative estimate of drug-likeness (QED) is 0.544. The highest BCUT2D eigenvalue weighted by molar-refractivity contribution is 4.94. The molecule has 1 aliphatic carbocycles. The van der Waals surface area contributed by atoms with Gasteiger partial charge >= 0.3 is 0 Å². The molecule has 0 N–H and O–H groups in total. The van der Waals surface area contributed by atoms with Crippen molar-refractivity contribution in [2.75, 3.05) is 0 Å². The normalized spacial score (nSPS) is 43.0. The lowest BCUT2D eigenvalue weighted by Crippen LogP contribution is -2.30. The highest BCUT2D eigenvalue weighted by Gasteiger charge is 2.28. The first-order valence-electron chi connectivity index (χ1n) is 5.42. The number of hydrogen-bond donors (Lipinski definition) is 0. The molecule has 0 amide bonds. The summed E-state index contributed by atoms with van der Waals surface area (Å²) in [6.07, 6.45) is 8.07. The van der Waals surface area contributed by atoms with Crippen molar-refractivity contribution in [2.45, 2.75) is 53.4 Å². The van der Waals surface area contributed by atoms with Crippen molar-refractivity contribution in [1.29, 1.82) is 0 Å². The number of rotatable bonds is 2. The fraction of sp³-hybridized carbons (Fsp3) is 0.917. The maximum absolute atomic E-state index is 2.46. The van der Waals surface area contributed by atoms with Gasteiger partial charge in [-0.15, -0.1) is 0 Å². The van der Waals surface area contributed by atoms with Crippen molar-refractivity contribution in [3.8, 4) is 0 Å². The van der Waals surface area contributed by atoms with E-state index in [1.165, 1.54) is 25.7 Å². The fourth-order valence-corrected chi connectivity index (χ4v) is 3.05. The lowest BCUT2D eigenvalue weighted by Gasteiger charge is -2.49. The van der Waals surface area contributed by atoms with Crippen LogP contribution in [0.4, 0.5) is 0 Å². The molecule has 0 aromatic carbocycles. The van der Waals surface area contributed by atoms with Gasteiger partial charge in [-0.2, -0.15) is 12.3 Å². The molecule has 0 radical (unpaired) electrons. The predicted octanol–water partition coefficient (Wildman–Crippen LogP) is 4.06. The van der Waals surface area contributed by atoms with Gasteiger partial charge in [0.05, 0.1) is 0 Å². The summed E-state index contributed by atoms with van der Waals surface area (Å²) in [5.74, 6) is 1.87. The van der Waals surface area contributed by atoms with Gasteiger partial charge in [0.15, 0.2) is 0 Å². The van der Waals surface area contributed by atoms with E-state index >= 15 is 0 Å². The third-order valence-corrected chi connectivity index (χ3v) is 3.63. The van der Waals surface area contributed by atoms with Crippen LogP contribution >= 0.6 is 0 Å². The van der Waals surface area contributed by atoms with Crippen molar-refractivity contribution < 1.29 is 0 Å². The summed E-state index contributed by atoms with van der Waals surface area (Å²) < 4.78 is 0. The van der Waals surface area contributed by atoms with Gasteiger partial charge in [0.1, 0.15) is 0 Å². The van der Waals surface area contributed by atoms with Gasteiger partial charge in [-0.25, -0.2) is 0 Å². The van der Waals surface area contributed by atoms with Crippen LogP contribution in [0.25, 0.3) is 0 Å². The molecular formula is C12H23-. The minimum atomic E-state index is 0.580. The molecule has 0 nitrogen and oxygen atoms in total. The zero-order chi connectivity index (χ0) is 9.19. The molecule has 0 saturated heterocycles. The minimum absolute atomic E-state index is 0.580. The van der Waals surface area contributed by atoms with Crippen molar-refractivity contribution >= 4 is 0 Å². The first-order valence-corrected chi connectivity index (χ1v) is 5.42. The molecule has 1 saturated carbocycles. The average molecular weight is 167 g/mol. The smallest absolute Gasteiger partial charge is 0.0460 e. The molecule has 72 valence electrons. The molecule has 0 heterocycles. The average Bonchev–Trinajstić information content (AvgIpc) is 2.02. The second kappa shape index (κ2) is 3.81. The third-order valence-electron chi connectivity index (χ3n) is 3.63. The van der Waals surface area contributed by atoms with E-state index in [9.17, 15) is 0 Å². The lowest BCUT2D eigenvalue weighted by molar-refractivity contribution is 0.132. The Bertz CT molecular complexity index is 121. The van der Waals surface area contributed by atoms with E-state index in [-0.39, 0.29) is 0 Å². The lowest BCUT2D eigenvalue weighted by atomic mass is 9.64.